The summed E-state index contributed by atoms with van der Waals surface area (Å²) in [6.07, 6.45) is 0. The van der Waals surface area contributed by atoms with E-state index >= 15 is 0 Å². The van der Waals surface area contributed by atoms with Crippen LogP contribution >= 0.6 is 0 Å². The number of hydrogen-bond donors (Lipinski definition) is 0. The minimum absolute atomic E-state index is 0.120. The number of ether oxygens (including phenoxy) is 1. The van der Waals surface area contributed by atoms with Gasteiger partial charge in [0.15, 0.2) is 0 Å². The molecule has 128 valence electrons. The SMILES string of the molecule is COc1ccc(S(=O)(=O)N2CCN(c3ccccc3)C(C)C2)cc1. The summed E-state index contributed by atoms with van der Waals surface area (Å²) >= 11 is 0. The monoisotopic (exact) mass is 346 g/mol. The second-order valence-electron chi connectivity index (χ2n) is 5.92. The van der Waals surface area contributed by atoms with E-state index in [0.29, 0.717) is 30.3 Å². The zero-order valence-electron chi connectivity index (χ0n) is 13.9. The van der Waals surface area contributed by atoms with Crippen molar-refractivity contribution in [3.8, 4) is 5.75 Å². The number of benzene rings is 2. The van der Waals surface area contributed by atoms with Crippen molar-refractivity contribution in [2.45, 2.75) is 17.9 Å². The van der Waals surface area contributed by atoms with Crippen molar-refractivity contribution in [3.63, 3.8) is 0 Å². The van der Waals surface area contributed by atoms with E-state index in [1.54, 1.807) is 35.7 Å². The van der Waals surface area contributed by atoms with Crippen LogP contribution in [0.4, 0.5) is 5.69 Å². The Morgan fingerprint density at radius 3 is 2.25 bits per heavy atom. The fraction of sp³-hybridized carbons (Fsp3) is 0.333. The number of para-hydroxylation sites is 1. The van der Waals surface area contributed by atoms with Crippen LogP contribution < -0.4 is 9.64 Å². The normalized spacial score (nSPS) is 19.2. The molecule has 1 atom stereocenters. The van der Waals surface area contributed by atoms with Gasteiger partial charge in [-0.1, -0.05) is 18.2 Å². The highest BCUT2D eigenvalue weighted by atomic mass is 32.2. The van der Waals surface area contributed by atoms with Gasteiger partial charge in [0.2, 0.25) is 10.0 Å². The third kappa shape index (κ3) is 3.25. The number of piperazine rings is 1. The van der Waals surface area contributed by atoms with Crippen LogP contribution in [0.25, 0.3) is 0 Å². The van der Waals surface area contributed by atoms with Crippen molar-refractivity contribution in [1.29, 1.82) is 0 Å². The molecular formula is C18H22N2O3S. The van der Waals surface area contributed by atoms with Crippen LogP contribution in [0.1, 0.15) is 6.92 Å². The number of rotatable bonds is 4. The minimum Gasteiger partial charge on any atom is -0.497 e. The Morgan fingerprint density at radius 1 is 1.00 bits per heavy atom. The molecular weight excluding hydrogens is 324 g/mol. The second-order valence-corrected chi connectivity index (χ2v) is 7.85. The van der Waals surface area contributed by atoms with Crippen LogP contribution in [-0.2, 0) is 10.0 Å². The maximum Gasteiger partial charge on any atom is 0.243 e. The molecule has 6 heteroatoms. The van der Waals surface area contributed by atoms with Crippen LogP contribution in [0.2, 0.25) is 0 Å². The number of hydrogen-bond acceptors (Lipinski definition) is 4. The Morgan fingerprint density at radius 2 is 1.67 bits per heavy atom. The van der Waals surface area contributed by atoms with Crippen LogP contribution in [0, 0.1) is 0 Å². The van der Waals surface area contributed by atoms with Gasteiger partial charge in [-0.05, 0) is 43.3 Å². The van der Waals surface area contributed by atoms with Crippen LogP contribution in [0.3, 0.4) is 0 Å². The molecule has 1 saturated heterocycles. The minimum atomic E-state index is -3.47. The predicted molar refractivity (Wildman–Crippen MR) is 95.0 cm³/mol. The van der Waals surface area contributed by atoms with Gasteiger partial charge in [-0.25, -0.2) is 8.42 Å². The van der Waals surface area contributed by atoms with Crippen molar-refractivity contribution < 1.29 is 13.2 Å². The van der Waals surface area contributed by atoms with Crippen molar-refractivity contribution >= 4 is 15.7 Å². The molecule has 0 radical (unpaired) electrons. The predicted octanol–water partition coefficient (Wildman–Crippen LogP) is 2.59. The van der Waals surface area contributed by atoms with Gasteiger partial charge < -0.3 is 9.64 Å². The first-order valence-corrected chi connectivity index (χ1v) is 9.42. The standard InChI is InChI=1S/C18H22N2O3S/c1-15-14-19(12-13-20(15)16-6-4-3-5-7-16)24(21,22)18-10-8-17(23-2)9-11-18/h3-11,15H,12-14H2,1-2H3. The third-order valence-corrected chi connectivity index (χ3v) is 6.25. The average Bonchev–Trinajstić information content (AvgIpc) is 2.62. The topological polar surface area (TPSA) is 49.9 Å². The van der Waals surface area contributed by atoms with Gasteiger partial charge in [0.1, 0.15) is 5.75 Å². The van der Waals surface area contributed by atoms with Gasteiger partial charge in [-0.2, -0.15) is 4.31 Å². The number of methoxy groups -OCH3 is 1. The molecule has 0 N–H and O–H groups in total. The molecule has 1 heterocycles. The van der Waals surface area contributed by atoms with E-state index in [1.165, 1.54) is 0 Å². The second kappa shape index (κ2) is 6.83. The lowest BCUT2D eigenvalue weighted by Crippen LogP contribution is -2.53. The molecule has 2 aromatic carbocycles. The first-order chi connectivity index (χ1) is 11.5. The molecule has 24 heavy (non-hydrogen) atoms. The number of nitrogens with zero attached hydrogens (tertiary/aromatic N) is 2. The fourth-order valence-corrected chi connectivity index (χ4v) is 4.55. The highest BCUT2D eigenvalue weighted by molar-refractivity contribution is 7.89. The number of anilines is 1. The van der Waals surface area contributed by atoms with Gasteiger partial charge >= 0.3 is 0 Å². The highest BCUT2D eigenvalue weighted by Gasteiger charge is 2.32. The summed E-state index contributed by atoms with van der Waals surface area (Å²) in [6.45, 7) is 3.69. The van der Waals surface area contributed by atoms with Crippen LogP contribution in [-0.4, -0.2) is 45.5 Å². The molecule has 0 aliphatic carbocycles. The van der Waals surface area contributed by atoms with Crippen molar-refractivity contribution in [3.05, 3.63) is 54.6 Å². The summed E-state index contributed by atoms with van der Waals surface area (Å²) in [7, 11) is -1.91. The van der Waals surface area contributed by atoms with E-state index in [9.17, 15) is 8.42 Å². The first kappa shape index (κ1) is 16.8. The van der Waals surface area contributed by atoms with E-state index < -0.39 is 10.0 Å². The molecule has 5 nitrogen and oxygen atoms in total. The Labute approximate surface area is 143 Å². The van der Waals surface area contributed by atoms with Gasteiger partial charge in [0.25, 0.3) is 0 Å². The molecule has 2 aromatic rings. The summed E-state index contributed by atoms with van der Waals surface area (Å²) < 4.78 is 32.3. The Hall–Kier alpha value is -2.05. The van der Waals surface area contributed by atoms with E-state index in [1.807, 2.05) is 18.2 Å². The molecule has 0 bridgehead atoms. The summed E-state index contributed by atoms with van der Waals surface area (Å²) in [4.78, 5) is 2.56. The Bertz CT molecular complexity index is 776. The van der Waals surface area contributed by atoms with Gasteiger partial charge in [0, 0.05) is 31.4 Å². The van der Waals surface area contributed by atoms with E-state index in [0.717, 1.165) is 5.69 Å². The zero-order valence-corrected chi connectivity index (χ0v) is 14.7. The fourth-order valence-electron chi connectivity index (χ4n) is 3.04. The van der Waals surface area contributed by atoms with Gasteiger partial charge in [0.05, 0.1) is 12.0 Å². The smallest absolute Gasteiger partial charge is 0.243 e. The molecule has 1 aliphatic rings. The molecule has 1 fully saturated rings. The lowest BCUT2D eigenvalue weighted by Gasteiger charge is -2.40. The maximum absolute atomic E-state index is 12.8. The van der Waals surface area contributed by atoms with E-state index in [-0.39, 0.29) is 6.04 Å². The van der Waals surface area contributed by atoms with Crippen molar-refractivity contribution in [2.75, 3.05) is 31.6 Å². The molecule has 1 aliphatic heterocycles. The summed E-state index contributed by atoms with van der Waals surface area (Å²) in [5, 5.41) is 0. The zero-order chi connectivity index (χ0) is 17.2. The highest BCUT2D eigenvalue weighted by Crippen LogP contribution is 2.25. The molecule has 0 amide bonds. The van der Waals surface area contributed by atoms with Crippen molar-refractivity contribution in [1.82, 2.24) is 4.31 Å². The molecule has 3 rings (SSSR count). The quantitative estimate of drug-likeness (QED) is 0.854. The largest absolute Gasteiger partial charge is 0.497 e. The third-order valence-electron chi connectivity index (χ3n) is 4.38. The average molecular weight is 346 g/mol. The molecule has 0 spiro atoms. The maximum atomic E-state index is 12.8. The van der Waals surface area contributed by atoms with E-state index in [4.69, 9.17) is 4.74 Å². The van der Waals surface area contributed by atoms with Crippen LogP contribution in [0.15, 0.2) is 59.5 Å². The van der Waals surface area contributed by atoms with E-state index in [2.05, 4.69) is 24.0 Å². The summed E-state index contributed by atoms with van der Waals surface area (Å²) in [5.74, 6) is 0.649. The molecule has 0 saturated carbocycles. The first-order valence-electron chi connectivity index (χ1n) is 7.98. The van der Waals surface area contributed by atoms with Crippen LogP contribution in [0.5, 0.6) is 5.75 Å². The summed E-state index contributed by atoms with van der Waals surface area (Å²) in [5.41, 5.74) is 1.13. The number of sulfonamides is 1. The molecule has 1 unspecified atom stereocenters. The Kier molecular flexibility index (Phi) is 4.78. The lowest BCUT2D eigenvalue weighted by molar-refractivity contribution is 0.342. The Balaban J connectivity index is 1.76. The molecule has 0 aromatic heterocycles. The van der Waals surface area contributed by atoms with Gasteiger partial charge in [-0.15, -0.1) is 0 Å². The van der Waals surface area contributed by atoms with Gasteiger partial charge in [-0.3, -0.25) is 0 Å². The summed E-state index contributed by atoms with van der Waals surface area (Å²) in [6, 6.07) is 16.8. The lowest BCUT2D eigenvalue weighted by atomic mass is 10.2. The van der Waals surface area contributed by atoms with Crippen molar-refractivity contribution in [2.24, 2.45) is 0 Å².